The topological polar surface area (TPSA) is 111 Å². The van der Waals surface area contributed by atoms with Gasteiger partial charge in [-0.25, -0.2) is 0 Å². The van der Waals surface area contributed by atoms with Gasteiger partial charge in [-0.05, 0) is 39.3 Å². The molecule has 0 aromatic heterocycles. The lowest BCUT2D eigenvalue weighted by molar-refractivity contribution is -0.385. The van der Waals surface area contributed by atoms with Crippen molar-refractivity contribution in [3.05, 3.63) is 63.7 Å². The van der Waals surface area contributed by atoms with Crippen molar-refractivity contribution in [1.82, 2.24) is 10.2 Å². The van der Waals surface area contributed by atoms with E-state index in [-0.39, 0.29) is 42.3 Å². The number of ether oxygens (including phenoxy) is 2. The van der Waals surface area contributed by atoms with Gasteiger partial charge in [0.25, 0.3) is 5.91 Å². The first-order valence-electron chi connectivity index (χ1n) is 10.2. The fourth-order valence-electron chi connectivity index (χ4n) is 3.00. The quantitative estimate of drug-likeness (QED) is 0.446. The van der Waals surface area contributed by atoms with Crippen LogP contribution in [0.1, 0.15) is 31.9 Å². The van der Waals surface area contributed by atoms with Crippen LogP contribution in [0, 0.1) is 17.0 Å². The summed E-state index contributed by atoms with van der Waals surface area (Å²) < 4.78 is 10.6. The third-order valence-corrected chi connectivity index (χ3v) is 4.78. The summed E-state index contributed by atoms with van der Waals surface area (Å²) in [5.74, 6) is -0.386. The predicted molar refractivity (Wildman–Crippen MR) is 120 cm³/mol. The molecule has 0 radical (unpaired) electrons. The Kier molecular flexibility index (Phi) is 8.57. The molecule has 0 spiro atoms. The monoisotopic (exact) mass is 443 g/mol. The number of carbonyl (C=O) groups excluding carboxylic acids is 2. The molecule has 0 saturated heterocycles. The molecule has 0 aliphatic rings. The molecule has 0 fully saturated rings. The third-order valence-electron chi connectivity index (χ3n) is 4.78. The number of nitrogens with zero attached hydrogens (tertiary/aromatic N) is 2. The summed E-state index contributed by atoms with van der Waals surface area (Å²) in [4.78, 5) is 37.5. The molecule has 9 nitrogen and oxygen atoms in total. The first-order valence-corrected chi connectivity index (χ1v) is 10.2. The second-order valence-corrected chi connectivity index (χ2v) is 7.73. The predicted octanol–water partition coefficient (Wildman–Crippen LogP) is 3.23. The third kappa shape index (κ3) is 6.69. The zero-order valence-corrected chi connectivity index (χ0v) is 19.0. The van der Waals surface area contributed by atoms with Gasteiger partial charge in [0, 0.05) is 24.7 Å². The lowest BCUT2D eigenvalue weighted by Gasteiger charge is -2.29. The van der Waals surface area contributed by atoms with E-state index in [1.165, 1.54) is 30.2 Å². The number of hydrogen-bond donors (Lipinski definition) is 1. The van der Waals surface area contributed by atoms with E-state index >= 15 is 0 Å². The van der Waals surface area contributed by atoms with Crippen molar-refractivity contribution in [3.8, 4) is 11.5 Å². The maximum absolute atomic E-state index is 13.0. The van der Waals surface area contributed by atoms with E-state index in [0.717, 1.165) is 11.1 Å². The molecule has 1 N–H and O–H groups in total. The van der Waals surface area contributed by atoms with Crippen molar-refractivity contribution >= 4 is 17.5 Å². The van der Waals surface area contributed by atoms with Gasteiger partial charge >= 0.3 is 5.69 Å². The minimum absolute atomic E-state index is 0.0288. The zero-order chi connectivity index (χ0) is 23.8. The van der Waals surface area contributed by atoms with Crippen LogP contribution in [0.5, 0.6) is 11.5 Å². The van der Waals surface area contributed by atoms with E-state index in [0.29, 0.717) is 0 Å². The van der Waals surface area contributed by atoms with Crippen LogP contribution in [-0.2, 0) is 16.1 Å². The minimum Gasteiger partial charge on any atom is -0.490 e. The van der Waals surface area contributed by atoms with Gasteiger partial charge in [0.15, 0.2) is 6.61 Å². The molecule has 32 heavy (non-hydrogen) atoms. The second kappa shape index (κ2) is 11.1. The highest BCUT2D eigenvalue weighted by molar-refractivity contribution is 5.88. The molecular formula is C23H29N3O6. The van der Waals surface area contributed by atoms with Crippen LogP contribution in [0.15, 0.2) is 42.5 Å². The van der Waals surface area contributed by atoms with Crippen LogP contribution in [0.25, 0.3) is 0 Å². The number of nitro benzene ring substituents is 1. The Morgan fingerprint density at radius 2 is 1.78 bits per heavy atom. The average Bonchev–Trinajstić information content (AvgIpc) is 2.75. The molecule has 0 saturated carbocycles. The summed E-state index contributed by atoms with van der Waals surface area (Å²) in [6.45, 7) is 7.23. The number of nitro groups is 1. The Balaban J connectivity index is 2.18. The Morgan fingerprint density at radius 1 is 1.12 bits per heavy atom. The van der Waals surface area contributed by atoms with Gasteiger partial charge in [-0.3, -0.25) is 19.7 Å². The van der Waals surface area contributed by atoms with Crippen molar-refractivity contribution in [3.63, 3.8) is 0 Å². The summed E-state index contributed by atoms with van der Waals surface area (Å²) in [5.41, 5.74) is 1.77. The van der Waals surface area contributed by atoms with Crippen molar-refractivity contribution in [1.29, 1.82) is 0 Å². The normalized spacial score (nSPS) is 11.6. The van der Waals surface area contributed by atoms with Crippen LogP contribution < -0.4 is 14.8 Å². The van der Waals surface area contributed by atoms with Crippen LogP contribution in [0.4, 0.5) is 5.69 Å². The van der Waals surface area contributed by atoms with Crippen molar-refractivity contribution in [2.75, 3.05) is 13.7 Å². The summed E-state index contributed by atoms with van der Waals surface area (Å²) >= 11 is 0. The minimum atomic E-state index is -0.721. The first kappa shape index (κ1) is 24.6. The maximum atomic E-state index is 13.0. The number of benzene rings is 2. The van der Waals surface area contributed by atoms with Crippen molar-refractivity contribution in [2.45, 2.75) is 46.3 Å². The summed E-state index contributed by atoms with van der Waals surface area (Å²) in [5, 5.41) is 13.9. The van der Waals surface area contributed by atoms with E-state index in [9.17, 15) is 19.7 Å². The van der Waals surface area contributed by atoms with Gasteiger partial charge < -0.3 is 19.7 Å². The Hall–Kier alpha value is -3.62. The standard InChI is InChI=1S/C23H29N3O6/c1-15(2)24-23(28)17(4)25(13-18-8-6-16(3)7-9-18)22(27)14-32-19-10-11-20(26(29)30)21(12-19)31-5/h6-12,15,17H,13-14H2,1-5H3,(H,24,28)/t17-/m0/s1. The van der Waals surface area contributed by atoms with Crippen molar-refractivity contribution < 1.29 is 24.0 Å². The Bertz CT molecular complexity index is 959. The highest BCUT2D eigenvalue weighted by Crippen LogP contribution is 2.30. The molecule has 2 amide bonds. The average molecular weight is 444 g/mol. The number of rotatable bonds is 10. The van der Waals surface area contributed by atoms with E-state index in [1.807, 2.05) is 45.0 Å². The van der Waals surface area contributed by atoms with E-state index in [1.54, 1.807) is 6.92 Å². The molecule has 9 heteroatoms. The molecule has 2 rings (SSSR count). The van der Waals surface area contributed by atoms with Crippen LogP contribution in [0.2, 0.25) is 0 Å². The number of carbonyl (C=O) groups is 2. The van der Waals surface area contributed by atoms with Crippen molar-refractivity contribution in [2.24, 2.45) is 0 Å². The molecule has 0 aliphatic carbocycles. The molecule has 0 aliphatic heterocycles. The fraction of sp³-hybridized carbons (Fsp3) is 0.391. The van der Waals surface area contributed by atoms with Gasteiger partial charge in [-0.15, -0.1) is 0 Å². The highest BCUT2D eigenvalue weighted by Gasteiger charge is 2.27. The SMILES string of the molecule is COc1cc(OCC(=O)N(Cc2ccc(C)cc2)[C@@H](C)C(=O)NC(C)C)ccc1[N+](=O)[O-]. The van der Waals surface area contributed by atoms with E-state index < -0.39 is 16.9 Å². The molecular weight excluding hydrogens is 414 g/mol. The molecule has 0 heterocycles. The zero-order valence-electron chi connectivity index (χ0n) is 19.0. The van der Waals surface area contributed by atoms with E-state index in [2.05, 4.69) is 5.32 Å². The smallest absolute Gasteiger partial charge is 0.311 e. The fourth-order valence-corrected chi connectivity index (χ4v) is 3.00. The van der Waals surface area contributed by atoms with Crippen LogP contribution >= 0.6 is 0 Å². The van der Waals surface area contributed by atoms with Crippen LogP contribution in [-0.4, -0.2) is 47.4 Å². The number of methoxy groups -OCH3 is 1. The van der Waals surface area contributed by atoms with Crippen LogP contribution in [0.3, 0.4) is 0 Å². The van der Waals surface area contributed by atoms with Gasteiger partial charge in [-0.2, -0.15) is 0 Å². The number of hydrogen-bond acceptors (Lipinski definition) is 6. The van der Waals surface area contributed by atoms with Gasteiger partial charge in [0.1, 0.15) is 11.8 Å². The molecule has 2 aromatic rings. The lowest BCUT2D eigenvalue weighted by atomic mass is 10.1. The summed E-state index contributed by atoms with van der Waals surface area (Å²) in [6.07, 6.45) is 0. The number of amides is 2. The Labute approximate surface area is 187 Å². The molecule has 0 bridgehead atoms. The van der Waals surface area contributed by atoms with Gasteiger partial charge in [0.2, 0.25) is 11.7 Å². The van der Waals surface area contributed by atoms with Gasteiger partial charge in [-0.1, -0.05) is 29.8 Å². The molecule has 172 valence electrons. The Morgan fingerprint density at radius 3 is 2.34 bits per heavy atom. The molecule has 1 atom stereocenters. The largest absolute Gasteiger partial charge is 0.490 e. The summed E-state index contributed by atoms with van der Waals surface area (Å²) in [7, 11) is 1.32. The van der Waals surface area contributed by atoms with E-state index in [4.69, 9.17) is 9.47 Å². The maximum Gasteiger partial charge on any atom is 0.311 e. The van der Waals surface area contributed by atoms with Gasteiger partial charge in [0.05, 0.1) is 12.0 Å². The first-order chi connectivity index (χ1) is 15.1. The number of nitrogens with one attached hydrogen (secondary N) is 1. The number of aryl methyl sites for hydroxylation is 1. The molecule has 2 aromatic carbocycles. The summed E-state index contributed by atoms with van der Waals surface area (Å²) in [6, 6.07) is 10.9. The molecule has 0 unspecified atom stereocenters. The highest BCUT2D eigenvalue weighted by atomic mass is 16.6. The lowest BCUT2D eigenvalue weighted by Crippen LogP contribution is -2.50. The second-order valence-electron chi connectivity index (χ2n) is 7.73.